The molecular formula is C18H28N2O3. The van der Waals surface area contributed by atoms with E-state index in [0.717, 1.165) is 0 Å². The Hall–Kier alpha value is -1.59. The molecule has 1 aromatic carbocycles. The molecule has 0 saturated carbocycles. The summed E-state index contributed by atoms with van der Waals surface area (Å²) >= 11 is 0. The Morgan fingerprint density at radius 1 is 1.39 bits per heavy atom. The minimum atomic E-state index is -0.464. The minimum Gasteiger partial charge on any atom is -0.444 e. The van der Waals surface area contributed by atoms with Crippen LogP contribution in [-0.2, 0) is 16.1 Å². The highest BCUT2D eigenvalue weighted by atomic mass is 16.6. The molecule has 0 radical (unpaired) electrons. The van der Waals surface area contributed by atoms with Crippen molar-refractivity contribution < 1.29 is 14.3 Å². The number of rotatable bonds is 5. The summed E-state index contributed by atoms with van der Waals surface area (Å²) in [4.78, 5) is 13.8. The number of carbonyl (C=O) groups is 1. The van der Waals surface area contributed by atoms with Crippen molar-refractivity contribution in [2.45, 2.75) is 45.9 Å². The lowest BCUT2D eigenvalue weighted by Gasteiger charge is -2.29. The third-order valence-corrected chi connectivity index (χ3v) is 3.78. The first-order valence-corrected chi connectivity index (χ1v) is 8.27. The summed E-state index contributed by atoms with van der Waals surface area (Å²) < 4.78 is 11.1. The lowest BCUT2D eigenvalue weighted by molar-refractivity contribution is 0.0256. The van der Waals surface area contributed by atoms with E-state index >= 15 is 0 Å². The van der Waals surface area contributed by atoms with Crippen molar-refractivity contribution in [1.82, 2.24) is 10.2 Å². The zero-order chi connectivity index (χ0) is 16.9. The molecule has 1 heterocycles. The molecule has 0 saturated heterocycles. The number of hydrogen-bond donors (Lipinski definition) is 1. The predicted molar refractivity (Wildman–Crippen MR) is 90.3 cm³/mol. The van der Waals surface area contributed by atoms with Gasteiger partial charge in [-0.15, -0.1) is 0 Å². The highest BCUT2D eigenvalue weighted by Crippen LogP contribution is 2.24. The molecule has 1 amide bonds. The highest BCUT2D eigenvalue weighted by molar-refractivity contribution is 5.68. The van der Waals surface area contributed by atoms with Gasteiger partial charge in [-0.1, -0.05) is 24.3 Å². The third-order valence-electron chi connectivity index (χ3n) is 3.78. The minimum absolute atomic E-state index is 0.178. The second-order valence-electron chi connectivity index (χ2n) is 6.78. The maximum Gasteiger partial charge on any atom is 0.410 e. The van der Waals surface area contributed by atoms with Gasteiger partial charge in [0.15, 0.2) is 0 Å². The van der Waals surface area contributed by atoms with Crippen LogP contribution in [0.2, 0.25) is 0 Å². The van der Waals surface area contributed by atoms with Crippen LogP contribution in [0.4, 0.5) is 4.79 Å². The van der Waals surface area contributed by atoms with Crippen LogP contribution in [0.5, 0.6) is 0 Å². The van der Waals surface area contributed by atoms with Gasteiger partial charge in [0.2, 0.25) is 0 Å². The molecule has 1 aliphatic heterocycles. The zero-order valence-electron chi connectivity index (χ0n) is 14.6. The van der Waals surface area contributed by atoms with Crippen molar-refractivity contribution in [1.29, 1.82) is 0 Å². The maximum absolute atomic E-state index is 12.1. The first-order valence-electron chi connectivity index (χ1n) is 8.27. The Morgan fingerprint density at radius 2 is 2.13 bits per heavy atom. The quantitative estimate of drug-likeness (QED) is 0.906. The van der Waals surface area contributed by atoms with Gasteiger partial charge in [0.05, 0.1) is 19.3 Å². The van der Waals surface area contributed by atoms with Gasteiger partial charge >= 0.3 is 6.09 Å². The number of likely N-dealkylation sites (N-methyl/N-ethyl adjacent to an activating group) is 1. The van der Waals surface area contributed by atoms with Gasteiger partial charge in [-0.25, -0.2) is 4.79 Å². The zero-order valence-corrected chi connectivity index (χ0v) is 14.6. The molecule has 1 N–H and O–H groups in total. The molecule has 1 aromatic rings. The monoisotopic (exact) mass is 320 g/mol. The average Bonchev–Trinajstić information content (AvgIpc) is 2.50. The van der Waals surface area contributed by atoms with E-state index < -0.39 is 5.60 Å². The average molecular weight is 320 g/mol. The van der Waals surface area contributed by atoms with E-state index in [9.17, 15) is 4.79 Å². The van der Waals surface area contributed by atoms with E-state index in [1.165, 1.54) is 11.1 Å². The molecule has 23 heavy (non-hydrogen) atoms. The first-order chi connectivity index (χ1) is 10.9. The van der Waals surface area contributed by atoms with Crippen molar-refractivity contribution in [3.05, 3.63) is 35.4 Å². The number of hydrogen-bond acceptors (Lipinski definition) is 4. The second-order valence-corrected chi connectivity index (χ2v) is 6.78. The normalized spacial score (nSPS) is 17.5. The van der Waals surface area contributed by atoms with E-state index in [0.29, 0.717) is 32.8 Å². The summed E-state index contributed by atoms with van der Waals surface area (Å²) in [6.45, 7) is 10.9. The fourth-order valence-electron chi connectivity index (χ4n) is 2.63. The fraction of sp³-hybridized carbons (Fsp3) is 0.611. The Kier molecular flexibility index (Phi) is 6.02. The molecule has 0 aromatic heterocycles. The summed E-state index contributed by atoms with van der Waals surface area (Å²) in [5, 5.41) is 3.49. The largest absolute Gasteiger partial charge is 0.444 e. The van der Waals surface area contributed by atoms with E-state index in [4.69, 9.17) is 9.47 Å². The van der Waals surface area contributed by atoms with Crippen LogP contribution in [0.1, 0.15) is 44.9 Å². The summed E-state index contributed by atoms with van der Waals surface area (Å²) in [6, 6.07) is 8.50. The smallest absolute Gasteiger partial charge is 0.410 e. The molecule has 0 bridgehead atoms. The molecule has 2 rings (SSSR count). The van der Waals surface area contributed by atoms with Crippen LogP contribution in [0.15, 0.2) is 24.3 Å². The number of fused-ring (bicyclic) bond motifs is 1. The summed E-state index contributed by atoms with van der Waals surface area (Å²) in [7, 11) is 0. The van der Waals surface area contributed by atoms with Crippen molar-refractivity contribution >= 4 is 6.09 Å². The van der Waals surface area contributed by atoms with Crippen molar-refractivity contribution in [3.8, 4) is 0 Å². The highest BCUT2D eigenvalue weighted by Gasteiger charge is 2.22. The van der Waals surface area contributed by atoms with Gasteiger partial charge in [0.1, 0.15) is 5.60 Å². The van der Waals surface area contributed by atoms with Crippen LogP contribution < -0.4 is 5.32 Å². The van der Waals surface area contributed by atoms with Crippen molar-refractivity contribution in [3.63, 3.8) is 0 Å². The topological polar surface area (TPSA) is 50.8 Å². The Morgan fingerprint density at radius 3 is 2.83 bits per heavy atom. The molecule has 128 valence electrons. The van der Waals surface area contributed by atoms with Gasteiger partial charge in [0.25, 0.3) is 0 Å². The van der Waals surface area contributed by atoms with Gasteiger partial charge < -0.3 is 19.7 Å². The van der Waals surface area contributed by atoms with Crippen molar-refractivity contribution in [2.75, 3.05) is 26.2 Å². The number of benzene rings is 1. The first kappa shape index (κ1) is 17.8. The second kappa shape index (κ2) is 7.79. The summed E-state index contributed by atoms with van der Waals surface area (Å²) in [6.07, 6.45) is -0.262. The van der Waals surface area contributed by atoms with Gasteiger partial charge in [0, 0.05) is 19.6 Å². The molecule has 1 atom stereocenters. The Labute approximate surface area is 139 Å². The van der Waals surface area contributed by atoms with Gasteiger partial charge in [-0.05, 0) is 38.8 Å². The van der Waals surface area contributed by atoms with Crippen LogP contribution in [-0.4, -0.2) is 42.8 Å². The third kappa shape index (κ3) is 5.22. The standard InChI is InChI=1S/C18H28N2O3/c1-5-20(17(21)23-18(2,3)4)11-10-19-16-13-22-12-14-8-6-7-9-15(14)16/h6-9,16,19H,5,10-13H2,1-4H3. The van der Waals surface area contributed by atoms with Crippen LogP contribution in [0.25, 0.3) is 0 Å². The molecule has 1 aliphatic rings. The molecule has 0 aliphatic carbocycles. The van der Waals surface area contributed by atoms with Crippen LogP contribution in [0.3, 0.4) is 0 Å². The lowest BCUT2D eigenvalue weighted by atomic mass is 9.99. The molecule has 1 unspecified atom stereocenters. The Bertz CT molecular complexity index is 525. The van der Waals surface area contributed by atoms with Crippen molar-refractivity contribution in [2.24, 2.45) is 0 Å². The predicted octanol–water partition coefficient (Wildman–Crippen LogP) is 3.10. The molecule has 5 nitrogen and oxygen atoms in total. The number of nitrogens with zero attached hydrogens (tertiary/aromatic N) is 1. The number of amides is 1. The van der Waals surface area contributed by atoms with Gasteiger partial charge in [-0.3, -0.25) is 0 Å². The fourth-order valence-corrected chi connectivity index (χ4v) is 2.63. The van der Waals surface area contributed by atoms with E-state index in [1.54, 1.807) is 4.90 Å². The molecule has 5 heteroatoms. The Balaban J connectivity index is 1.86. The van der Waals surface area contributed by atoms with E-state index in [1.807, 2.05) is 33.8 Å². The van der Waals surface area contributed by atoms with E-state index in [2.05, 4.69) is 23.5 Å². The van der Waals surface area contributed by atoms with Gasteiger partial charge in [-0.2, -0.15) is 0 Å². The van der Waals surface area contributed by atoms with E-state index in [-0.39, 0.29) is 12.1 Å². The van der Waals surface area contributed by atoms with Crippen LogP contribution >= 0.6 is 0 Å². The SMILES string of the molecule is CCN(CCNC1COCc2ccccc21)C(=O)OC(C)(C)C. The number of carbonyl (C=O) groups excluding carboxylic acids is 1. The number of nitrogens with one attached hydrogen (secondary N) is 1. The molecular weight excluding hydrogens is 292 g/mol. The van der Waals surface area contributed by atoms with Crippen LogP contribution in [0, 0.1) is 0 Å². The maximum atomic E-state index is 12.1. The summed E-state index contributed by atoms with van der Waals surface area (Å²) in [5.41, 5.74) is 2.06. The number of ether oxygens (including phenoxy) is 2. The molecule has 0 fully saturated rings. The molecule has 0 spiro atoms. The lowest BCUT2D eigenvalue weighted by Crippen LogP contribution is -2.41. The summed E-state index contributed by atoms with van der Waals surface area (Å²) in [5.74, 6) is 0.